The summed E-state index contributed by atoms with van der Waals surface area (Å²) < 4.78 is 12.6. The van der Waals surface area contributed by atoms with Gasteiger partial charge in [0.2, 0.25) is 5.88 Å². The molecule has 1 fully saturated rings. The SMILES string of the molecule is COc1ccccc1Oc1nc2ccccn2c(=O)c1C=C(C#N)C(=O)NC1CCCCC1. The summed E-state index contributed by atoms with van der Waals surface area (Å²) in [6.45, 7) is 0. The largest absolute Gasteiger partial charge is 0.493 e. The van der Waals surface area contributed by atoms with Gasteiger partial charge in [-0.1, -0.05) is 37.5 Å². The minimum atomic E-state index is -0.509. The van der Waals surface area contributed by atoms with E-state index in [1.807, 2.05) is 6.07 Å². The molecule has 2 heterocycles. The summed E-state index contributed by atoms with van der Waals surface area (Å²) in [4.78, 5) is 30.6. The molecule has 1 aliphatic carbocycles. The van der Waals surface area contributed by atoms with E-state index in [0.29, 0.717) is 17.1 Å². The number of aromatic nitrogens is 2. The summed E-state index contributed by atoms with van der Waals surface area (Å²) in [5.74, 6) is 0.282. The lowest BCUT2D eigenvalue weighted by atomic mass is 9.95. The summed E-state index contributed by atoms with van der Waals surface area (Å²) in [7, 11) is 1.51. The molecule has 0 spiro atoms. The Morgan fingerprint density at radius 2 is 1.88 bits per heavy atom. The first-order valence-corrected chi connectivity index (χ1v) is 10.9. The molecule has 4 rings (SSSR count). The molecule has 0 atom stereocenters. The molecule has 0 unspecified atom stereocenters. The zero-order chi connectivity index (χ0) is 23.2. The van der Waals surface area contributed by atoms with Crippen molar-refractivity contribution in [3.63, 3.8) is 0 Å². The molecule has 8 heteroatoms. The molecule has 1 N–H and O–H groups in total. The van der Waals surface area contributed by atoms with Crippen LogP contribution in [0.2, 0.25) is 0 Å². The van der Waals surface area contributed by atoms with E-state index in [1.165, 1.54) is 17.6 Å². The van der Waals surface area contributed by atoms with Crippen LogP contribution in [-0.2, 0) is 4.79 Å². The van der Waals surface area contributed by atoms with Gasteiger partial charge in [0.05, 0.1) is 7.11 Å². The average Bonchev–Trinajstić information content (AvgIpc) is 2.85. The van der Waals surface area contributed by atoms with E-state index >= 15 is 0 Å². The third-order valence-electron chi connectivity index (χ3n) is 5.60. The predicted molar refractivity (Wildman–Crippen MR) is 123 cm³/mol. The van der Waals surface area contributed by atoms with Gasteiger partial charge in [0.25, 0.3) is 11.5 Å². The van der Waals surface area contributed by atoms with Gasteiger partial charge in [-0.2, -0.15) is 10.2 Å². The van der Waals surface area contributed by atoms with E-state index in [1.54, 1.807) is 48.7 Å². The van der Waals surface area contributed by atoms with Crippen LogP contribution >= 0.6 is 0 Å². The van der Waals surface area contributed by atoms with E-state index in [-0.39, 0.29) is 23.1 Å². The van der Waals surface area contributed by atoms with Crippen LogP contribution in [0, 0.1) is 11.3 Å². The van der Waals surface area contributed by atoms with Gasteiger partial charge in [-0.15, -0.1) is 0 Å². The quantitative estimate of drug-likeness (QED) is 0.457. The van der Waals surface area contributed by atoms with Crippen LogP contribution in [0.5, 0.6) is 17.4 Å². The van der Waals surface area contributed by atoms with E-state index in [0.717, 1.165) is 32.1 Å². The Morgan fingerprint density at radius 1 is 1.15 bits per heavy atom. The zero-order valence-electron chi connectivity index (χ0n) is 18.3. The number of nitriles is 1. The number of fused-ring (bicyclic) bond motifs is 1. The monoisotopic (exact) mass is 444 g/mol. The van der Waals surface area contributed by atoms with Gasteiger partial charge in [0, 0.05) is 12.2 Å². The molecular weight excluding hydrogens is 420 g/mol. The first kappa shape index (κ1) is 22.1. The van der Waals surface area contributed by atoms with Crippen molar-refractivity contribution in [2.75, 3.05) is 7.11 Å². The van der Waals surface area contributed by atoms with Crippen LogP contribution in [0.1, 0.15) is 37.7 Å². The van der Waals surface area contributed by atoms with Gasteiger partial charge >= 0.3 is 0 Å². The van der Waals surface area contributed by atoms with Crippen molar-refractivity contribution in [2.45, 2.75) is 38.1 Å². The fraction of sp³-hybridized carbons (Fsp3) is 0.280. The number of pyridine rings is 1. The highest BCUT2D eigenvalue weighted by Crippen LogP contribution is 2.31. The topological polar surface area (TPSA) is 106 Å². The number of ether oxygens (including phenoxy) is 2. The van der Waals surface area contributed by atoms with E-state index < -0.39 is 11.5 Å². The van der Waals surface area contributed by atoms with Crippen LogP contribution < -0.4 is 20.3 Å². The number of nitrogens with one attached hydrogen (secondary N) is 1. The number of hydrogen-bond acceptors (Lipinski definition) is 6. The Bertz CT molecular complexity index is 1300. The van der Waals surface area contributed by atoms with Crippen molar-refractivity contribution in [3.05, 3.63) is 70.2 Å². The highest BCUT2D eigenvalue weighted by atomic mass is 16.5. The van der Waals surface area contributed by atoms with Gasteiger partial charge < -0.3 is 14.8 Å². The number of para-hydroxylation sites is 2. The van der Waals surface area contributed by atoms with Crippen molar-refractivity contribution in [1.82, 2.24) is 14.7 Å². The number of carbonyl (C=O) groups is 1. The third-order valence-corrected chi connectivity index (χ3v) is 5.60. The molecule has 0 radical (unpaired) electrons. The maximum atomic E-state index is 13.3. The molecule has 8 nitrogen and oxygen atoms in total. The lowest BCUT2D eigenvalue weighted by molar-refractivity contribution is -0.117. The first-order valence-electron chi connectivity index (χ1n) is 10.9. The summed E-state index contributed by atoms with van der Waals surface area (Å²) in [6, 6.07) is 14.0. The molecule has 0 bridgehead atoms. The lowest BCUT2D eigenvalue weighted by Gasteiger charge is -2.22. The Balaban J connectivity index is 1.78. The molecule has 33 heavy (non-hydrogen) atoms. The Morgan fingerprint density at radius 3 is 2.61 bits per heavy atom. The molecule has 1 amide bonds. The zero-order valence-corrected chi connectivity index (χ0v) is 18.3. The summed E-state index contributed by atoms with van der Waals surface area (Å²) in [6.07, 6.45) is 7.82. The van der Waals surface area contributed by atoms with Crippen molar-refractivity contribution in [1.29, 1.82) is 5.26 Å². The van der Waals surface area contributed by atoms with E-state index in [2.05, 4.69) is 10.3 Å². The predicted octanol–water partition coefficient (Wildman–Crippen LogP) is 3.85. The fourth-order valence-corrected chi connectivity index (χ4v) is 3.89. The van der Waals surface area contributed by atoms with Crippen LogP contribution in [-0.4, -0.2) is 28.4 Å². The smallest absolute Gasteiger partial charge is 0.269 e. The van der Waals surface area contributed by atoms with Crippen molar-refractivity contribution in [2.24, 2.45) is 0 Å². The molecule has 1 aliphatic rings. The molecule has 0 aliphatic heterocycles. The van der Waals surface area contributed by atoms with E-state index in [9.17, 15) is 14.9 Å². The second kappa shape index (κ2) is 10.0. The highest BCUT2D eigenvalue weighted by molar-refractivity contribution is 6.02. The van der Waals surface area contributed by atoms with Crippen LogP contribution in [0.4, 0.5) is 0 Å². The molecule has 2 aromatic heterocycles. The maximum Gasteiger partial charge on any atom is 0.269 e. The first-order chi connectivity index (χ1) is 16.1. The standard InChI is InChI=1S/C25H24N4O4/c1-32-20-11-5-6-12-21(20)33-24-19(25(31)29-14-8-7-13-22(29)28-24)15-17(16-26)23(30)27-18-9-3-2-4-10-18/h5-8,11-15,18H,2-4,9-10H2,1H3,(H,27,30). The summed E-state index contributed by atoms with van der Waals surface area (Å²) >= 11 is 0. The number of nitrogens with zero attached hydrogens (tertiary/aromatic N) is 3. The van der Waals surface area contributed by atoms with Crippen LogP contribution in [0.3, 0.4) is 0 Å². The van der Waals surface area contributed by atoms with Crippen molar-refractivity contribution < 1.29 is 14.3 Å². The van der Waals surface area contributed by atoms with Crippen LogP contribution in [0.15, 0.2) is 59.0 Å². The minimum Gasteiger partial charge on any atom is -0.493 e. The second-order valence-electron chi connectivity index (χ2n) is 7.80. The minimum absolute atomic E-state index is 0.0000460. The Hall–Kier alpha value is -4.12. The summed E-state index contributed by atoms with van der Waals surface area (Å²) in [5, 5.41) is 12.6. The number of benzene rings is 1. The van der Waals surface area contributed by atoms with Gasteiger partial charge in [0.1, 0.15) is 22.9 Å². The molecule has 1 saturated carbocycles. The van der Waals surface area contributed by atoms with Crippen molar-refractivity contribution in [3.8, 4) is 23.4 Å². The number of carbonyl (C=O) groups excluding carboxylic acids is 1. The highest BCUT2D eigenvalue weighted by Gasteiger charge is 2.21. The Labute approximate surface area is 191 Å². The van der Waals surface area contributed by atoms with Crippen LogP contribution in [0.25, 0.3) is 11.7 Å². The van der Waals surface area contributed by atoms with Gasteiger partial charge in [-0.05, 0) is 43.2 Å². The molecule has 0 saturated heterocycles. The molecule has 1 aromatic carbocycles. The van der Waals surface area contributed by atoms with Gasteiger partial charge in [-0.25, -0.2) is 0 Å². The number of rotatable bonds is 6. The number of amides is 1. The third kappa shape index (κ3) is 4.88. The Kier molecular flexibility index (Phi) is 6.69. The van der Waals surface area contributed by atoms with E-state index in [4.69, 9.17) is 9.47 Å². The number of hydrogen-bond donors (Lipinski definition) is 1. The normalized spacial score (nSPS) is 14.5. The molecule has 3 aromatic rings. The van der Waals surface area contributed by atoms with Gasteiger partial charge in [-0.3, -0.25) is 14.0 Å². The average molecular weight is 444 g/mol. The summed E-state index contributed by atoms with van der Waals surface area (Å²) in [5.41, 5.74) is -0.265. The maximum absolute atomic E-state index is 13.3. The molecule has 168 valence electrons. The number of methoxy groups -OCH3 is 1. The fourth-order valence-electron chi connectivity index (χ4n) is 3.89. The molecular formula is C25H24N4O4. The van der Waals surface area contributed by atoms with Crippen molar-refractivity contribution >= 4 is 17.6 Å². The lowest BCUT2D eigenvalue weighted by Crippen LogP contribution is -2.36. The van der Waals surface area contributed by atoms with Gasteiger partial charge in [0.15, 0.2) is 11.5 Å². The second-order valence-corrected chi connectivity index (χ2v) is 7.80.